The third kappa shape index (κ3) is 7.06. The Balaban J connectivity index is 1.93. The molecule has 0 heterocycles. The van der Waals surface area contributed by atoms with Gasteiger partial charge in [-0.15, -0.1) is 0 Å². The number of ether oxygens (including phenoxy) is 1. The fourth-order valence-corrected chi connectivity index (χ4v) is 4.89. The van der Waals surface area contributed by atoms with Gasteiger partial charge >= 0.3 is 10.1 Å². The van der Waals surface area contributed by atoms with Crippen LogP contribution in [0.3, 0.4) is 0 Å². The summed E-state index contributed by atoms with van der Waals surface area (Å²) in [5, 5.41) is 12.2. The Morgan fingerprint density at radius 3 is 2.40 bits per heavy atom. The van der Waals surface area contributed by atoms with Crippen LogP contribution in [0.4, 0.5) is 5.69 Å². The van der Waals surface area contributed by atoms with Crippen LogP contribution < -0.4 is 14.2 Å². The number of nitrogens with one attached hydrogen (secondary N) is 1. The number of rotatable bonds is 8. The zero-order valence-electron chi connectivity index (χ0n) is 18.7. The number of benzene rings is 3. The first-order valence-electron chi connectivity index (χ1n) is 10.3. The minimum absolute atomic E-state index is 0.000424. The highest BCUT2D eigenvalue weighted by atomic mass is 127. The second-order valence-corrected chi connectivity index (χ2v) is 10.9. The van der Waals surface area contributed by atoms with Gasteiger partial charge in [-0.25, -0.2) is 0 Å². The summed E-state index contributed by atoms with van der Waals surface area (Å²) in [6, 6.07) is 18.3. The number of nitriles is 1. The number of carbonyl (C=O) groups excluding carboxylic acids is 1. The van der Waals surface area contributed by atoms with E-state index < -0.39 is 16.0 Å². The van der Waals surface area contributed by atoms with E-state index in [9.17, 15) is 18.5 Å². The molecule has 0 saturated heterocycles. The van der Waals surface area contributed by atoms with E-state index >= 15 is 0 Å². The van der Waals surface area contributed by atoms with Gasteiger partial charge in [0.2, 0.25) is 0 Å². The summed E-state index contributed by atoms with van der Waals surface area (Å²) in [6.45, 7) is 3.83. The molecule has 0 aliphatic heterocycles. The van der Waals surface area contributed by atoms with Gasteiger partial charge in [-0.2, -0.15) is 13.7 Å². The molecule has 0 spiro atoms. The first kappa shape index (κ1) is 26.7. The molecule has 0 aliphatic carbocycles. The molecule has 0 bridgehead atoms. The van der Waals surface area contributed by atoms with Crippen molar-refractivity contribution in [1.29, 1.82) is 5.26 Å². The average molecular weight is 667 g/mol. The Morgan fingerprint density at radius 1 is 1.14 bits per heavy atom. The topological polar surface area (TPSA) is 105 Å². The van der Waals surface area contributed by atoms with Crippen LogP contribution in [0.25, 0.3) is 6.08 Å². The predicted octanol–water partition coefficient (Wildman–Crippen LogP) is 6.07. The molecule has 0 fully saturated rings. The summed E-state index contributed by atoms with van der Waals surface area (Å²) in [4.78, 5) is 12.6. The molecule has 0 radical (unpaired) electrons. The molecule has 3 aromatic rings. The zero-order chi connectivity index (χ0) is 25.6. The Kier molecular flexibility index (Phi) is 8.93. The van der Waals surface area contributed by atoms with E-state index in [4.69, 9.17) is 8.92 Å². The monoisotopic (exact) mass is 666 g/mol. The quantitative estimate of drug-likeness (QED) is 0.135. The normalized spacial score (nSPS) is 11.5. The molecule has 0 aliphatic rings. The zero-order valence-corrected chi connectivity index (χ0v) is 23.3. The smallest absolute Gasteiger partial charge is 0.339 e. The molecule has 35 heavy (non-hydrogen) atoms. The van der Waals surface area contributed by atoms with Crippen LogP contribution in [0.1, 0.15) is 18.1 Å². The lowest BCUT2D eigenvalue weighted by Gasteiger charge is -2.15. The molecule has 1 N–H and O–H groups in total. The van der Waals surface area contributed by atoms with Crippen LogP contribution in [-0.2, 0) is 14.9 Å². The number of carbonyl (C=O) groups is 1. The number of halogens is 2. The summed E-state index contributed by atoms with van der Waals surface area (Å²) in [5.74, 6) is -0.476. The average Bonchev–Trinajstić information content (AvgIpc) is 2.81. The van der Waals surface area contributed by atoms with Crippen LogP contribution >= 0.6 is 38.5 Å². The van der Waals surface area contributed by atoms with Crippen LogP contribution in [0.5, 0.6) is 11.5 Å². The van der Waals surface area contributed by atoms with Gasteiger partial charge in [0, 0.05) is 9.26 Å². The summed E-state index contributed by atoms with van der Waals surface area (Å²) in [6.07, 6.45) is 1.38. The maximum absolute atomic E-state index is 12.8. The van der Waals surface area contributed by atoms with Crippen molar-refractivity contribution in [3.8, 4) is 17.6 Å². The van der Waals surface area contributed by atoms with Crippen LogP contribution in [0, 0.1) is 21.8 Å². The number of hydrogen-bond donors (Lipinski definition) is 1. The largest absolute Gasteiger partial charge is 0.490 e. The molecule has 3 rings (SSSR count). The molecule has 0 saturated carbocycles. The molecule has 0 aromatic heterocycles. The maximum Gasteiger partial charge on any atom is 0.339 e. The molecular formula is C25H20BrIN2O5S. The second kappa shape index (κ2) is 11.7. The standard InChI is InChI=1S/C25H20BrIN2O5S/c1-3-33-23-14-17(12-18(15-28)25(30)29-20-8-6-19(27)7-9-20)13-22(26)24(23)34-35(31,32)21-10-4-16(2)5-11-21/h4-14H,3H2,1-2H3,(H,29,30)/b18-12-. The lowest BCUT2D eigenvalue weighted by atomic mass is 10.1. The van der Waals surface area contributed by atoms with E-state index in [1.165, 1.54) is 30.3 Å². The number of hydrogen-bond acceptors (Lipinski definition) is 6. The Labute approximate surface area is 226 Å². The van der Waals surface area contributed by atoms with Crippen molar-refractivity contribution in [1.82, 2.24) is 0 Å². The fourth-order valence-electron chi connectivity index (χ4n) is 2.92. The van der Waals surface area contributed by atoms with E-state index in [-0.39, 0.29) is 33.0 Å². The Hall–Kier alpha value is -2.88. The van der Waals surface area contributed by atoms with Crippen LogP contribution in [0.15, 0.2) is 75.6 Å². The number of anilines is 1. The molecule has 3 aromatic carbocycles. The van der Waals surface area contributed by atoms with E-state index in [0.29, 0.717) is 11.3 Å². The van der Waals surface area contributed by atoms with Gasteiger partial charge < -0.3 is 14.2 Å². The Bertz CT molecular complexity index is 1410. The Morgan fingerprint density at radius 2 is 1.80 bits per heavy atom. The summed E-state index contributed by atoms with van der Waals surface area (Å²) < 4.78 is 37.9. The SMILES string of the molecule is CCOc1cc(/C=C(/C#N)C(=O)Nc2ccc(I)cc2)cc(Br)c1OS(=O)(=O)c1ccc(C)cc1. The molecule has 10 heteroatoms. The van der Waals surface area contributed by atoms with Crippen molar-refractivity contribution in [2.75, 3.05) is 11.9 Å². The highest BCUT2D eigenvalue weighted by molar-refractivity contribution is 14.1. The summed E-state index contributed by atoms with van der Waals surface area (Å²) >= 11 is 5.48. The number of nitrogens with zero attached hydrogens (tertiary/aromatic N) is 1. The van der Waals surface area contributed by atoms with Gasteiger partial charge in [0.05, 0.1) is 11.1 Å². The summed E-state index contributed by atoms with van der Waals surface area (Å²) in [5.41, 5.74) is 1.77. The third-order valence-electron chi connectivity index (χ3n) is 4.61. The van der Waals surface area contributed by atoms with Gasteiger partial charge in [0.25, 0.3) is 5.91 Å². The lowest BCUT2D eigenvalue weighted by Crippen LogP contribution is -2.13. The van der Waals surface area contributed by atoms with Crippen LogP contribution in [-0.4, -0.2) is 20.9 Å². The van der Waals surface area contributed by atoms with Gasteiger partial charge in [0.1, 0.15) is 16.5 Å². The molecule has 7 nitrogen and oxygen atoms in total. The molecule has 180 valence electrons. The van der Waals surface area contributed by atoms with Crippen molar-refractivity contribution in [3.05, 3.63) is 85.4 Å². The maximum atomic E-state index is 12.8. The second-order valence-electron chi connectivity index (χ2n) is 7.24. The van der Waals surface area contributed by atoms with Gasteiger partial charge in [0.15, 0.2) is 11.5 Å². The molecular weight excluding hydrogens is 647 g/mol. The molecule has 1 amide bonds. The highest BCUT2D eigenvalue weighted by Crippen LogP contribution is 2.39. The van der Waals surface area contributed by atoms with E-state index in [0.717, 1.165) is 9.13 Å². The van der Waals surface area contributed by atoms with Gasteiger partial charge in [-0.1, -0.05) is 17.7 Å². The van der Waals surface area contributed by atoms with Gasteiger partial charge in [-0.3, -0.25) is 4.79 Å². The lowest BCUT2D eigenvalue weighted by molar-refractivity contribution is -0.112. The van der Waals surface area contributed by atoms with E-state index in [2.05, 4.69) is 43.8 Å². The third-order valence-corrected chi connectivity index (χ3v) is 7.16. The van der Waals surface area contributed by atoms with E-state index in [1.807, 2.05) is 25.1 Å². The van der Waals surface area contributed by atoms with Crippen molar-refractivity contribution in [2.45, 2.75) is 18.7 Å². The summed E-state index contributed by atoms with van der Waals surface area (Å²) in [7, 11) is -4.13. The van der Waals surface area contributed by atoms with Crippen molar-refractivity contribution in [3.63, 3.8) is 0 Å². The molecule has 0 unspecified atom stereocenters. The highest BCUT2D eigenvalue weighted by Gasteiger charge is 2.22. The number of amides is 1. The van der Waals surface area contributed by atoms with Crippen LogP contribution in [0.2, 0.25) is 0 Å². The predicted molar refractivity (Wildman–Crippen MR) is 146 cm³/mol. The number of aryl methyl sites for hydroxylation is 1. The van der Waals surface area contributed by atoms with Crippen molar-refractivity contribution < 1.29 is 22.1 Å². The first-order valence-corrected chi connectivity index (χ1v) is 13.6. The van der Waals surface area contributed by atoms with Crippen molar-refractivity contribution in [2.24, 2.45) is 0 Å². The molecule has 0 atom stereocenters. The van der Waals surface area contributed by atoms with Crippen molar-refractivity contribution >= 4 is 66.3 Å². The van der Waals surface area contributed by atoms with E-state index in [1.54, 1.807) is 31.2 Å². The first-order chi connectivity index (χ1) is 16.6. The minimum atomic E-state index is -4.13. The van der Waals surface area contributed by atoms with Gasteiger partial charge in [-0.05, 0) is 113 Å². The fraction of sp³-hybridized carbons (Fsp3) is 0.120. The minimum Gasteiger partial charge on any atom is -0.490 e.